The maximum absolute atomic E-state index is 13.1. The lowest BCUT2D eigenvalue weighted by Gasteiger charge is -2.31. The molecule has 1 aromatic heterocycles. The van der Waals surface area contributed by atoms with E-state index in [1.54, 1.807) is 32.4 Å². The summed E-state index contributed by atoms with van der Waals surface area (Å²) in [6.45, 7) is 1.21. The smallest absolute Gasteiger partial charge is 0.258 e. The van der Waals surface area contributed by atoms with Gasteiger partial charge in [-0.05, 0) is 43.2 Å². The van der Waals surface area contributed by atoms with E-state index in [-0.39, 0.29) is 11.8 Å². The second kappa shape index (κ2) is 9.07. The third kappa shape index (κ3) is 4.19. The molecule has 31 heavy (non-hydrogen) atoms. The number of hydrogen-bond donors (Lipinski definition) is 0. The van der Waals surface area contributed by atoms with Gasteiger partial charge >= 0.3 is 0 Å². The third-order valence-electron chi connectivity index (χ3n) is 5.54. The van der Waals surface area contributed by atoms with Gasteiger partial charge in [0.15, 0.2) is 17.3 Å². The van der Waals surface area contributed by atoms with Gasteiger partial charge in [-0.15, -0.1) is 0 Å². The van der Waals surface area contributed by atoms with Crippen LogP contribution in [-0.4, -0.2) is 55.4 Å². The van der Waals surface area contributed by atoms with Crippen LogP contribution in [0.5, 0.6) is 17.2 Å². The van der Waals surface area contributed by atoms with Crippen LogP contribution >= 0.6 is 0 Å². The quantitative estimate of drug-likeness (QED) is 0.596. The molecule has 0 aliphatic carbocycles. The molecule has 2 aromatic carbocycles. The highest BCUT2D eigenvalue weighted by atomic mass is 16.5. The first-order valence-corrected chi connectivity index (χ1v) is 10.1. The van der Waals surface area contributed by atoms with E-state index in [1.165, 1.54) is 7.11 Å². The molecule has 0 N–H and O–H groups in total. The number of ether oxygens (including phenoxy) is 3. The summed E-state index contributed by atoms with van der Waals surface area (Å²) < 4.78 is 21.5. The van der Waals surface area contributed by atoms with Crippen molar-refractivity contribution < 1.29 is 23.5 Å². The molecule has 0 saturated carbocycles. The number of rotatable bonds is 6. The van der Waals surface area contributed by atoms with Crippen LogP contribution in [0.3, 0.4) is 0 Å². The van der Waals surface area contributed by atoms with E-state index < -0.39 is 0 Å². The van der Waals surface area contributed by atoms with Gasteiger partial charge < -0.3 is 23.6 Å². The maximum atomic E-state index is 13.1. The van der Waals surface area contributed by atoms with Gasteiger partial charge in [0.05, 0.1) is 26.9 Å². The molecular weight excluding hydrogens is 398 g/mol. The topological polar surface area (TPSA) is 86.9 Å². The summed E-state index contributed by atoms with van der Waals surface area (Å²) >= 11 is 0. The fraction of sp³-hybridized carbons (Fsp3) is 0.348. The highest BCUT2D eigenvalue weighted by Crippen LogP contribution is 2.34. The number of carbonyl (C=O) groups excluding carboxylic acids is 1. The van der Waals surface area contributed by atoms with Gasteiger partial charge in [0, 0.05) is 24.6 Å². The minimum Gasteiger partial charge on any atom is -0.497 e. The van der Waals surface area contributed by atoms with E-state index in [0.29, 0.717) is 41.9 Å². The van der Waals surface area contributed by atoms with Crippen LogP contribution < -0.4 is 14.2 Å². The Balaban J connectivity index is 1.44. The second-order valence-corrected chi connectivity index (χ2v) is 7.30. The highest BCUT2D eigenvalue weighted by Gasteiger charge is 2.29. The Kier molecular flexibility index (Phi) is 6.06. The van der Waals surface area contributed by atoms with Crippen molar-refractivity contribution in [3.63, 3.8) is 0 Å². The van der Waals surface area contributed by atoms with Gasteiger partial charge in [0.2, 0.25) is 0 Å². The Morgan fingerprint density at radius 3 is 2.52 bits per heavy atom. The Morgan fingerprint density at radius 1 is 1.03 bits per heavy atom. The molecule has 8 nitrogen and oxygen atoms in total. The van der Waals surface area contributed by atoms with E-state index in [2.05, 4.69) is 10.1 Å². The Bertz CT molecular complexity index is 1060. The molecule has 0 unspecified atom stereocenters. The summed E-state index contributed by atoms with van der Waals surface area (Å²) in [6, 6.07) is 12.8. The van der Waals surface area contributed by atoms with Crippen LogP contribution in [0, 0.1) is 0 Å². The molecule has 1 aliphatic rings. The number of para-hydroxylation sites is 1. The first-order chi connectivity index (χ1) is 15.1. The van der Waals surface area contributed by atoms with Crippen molar-refractivity contribution in [2.24, 2.45) is 0 Å². The number of carbonyl (C=O) groups is 1. The minimum absolute atomic E-state index is 0.0700. The molecule has 162 valence electrons. The van der Waals surface area contributed by atoms with E-state index in [9.17, 15) is 4.79 Å². The monoisotopic (exact) mass is 423 g/mol. The lowest BCUT2D eigenvalue weighted by Crippen LogP contribution is -2.38. The van der Waals surface area contributed by atoms with Crippen LogP contribution in [0.2, 0.25) is 0 Å². The van der Waals surface area contributed by atoms with Crippen molar-refractivity contribution in [2.45, 2.75) is 18.8 Å². The lowest BCUT2D eigenvalue weighted by atomic mass is 9.95. The number of amides is 1. The number of nitrogens with zero attached hydrogens (tertiary/aromatic N) is 3. The fourth-order valence-corrected chi connectivity index (χ4v) is 3.84. The van der Waals surface area contributed by atoms with Gasteiger partial charge in [0.25, 0.3) is 11.8 Å². The van der Waals surface area contributed by atoms with E-state index in [1.807, 2.05) is 29.2 Å². The first kappa shape index (κ1) is 20.7. The van der Waals surface area contributed by atoms with Crippen LogP contribution in [0.1, 0.15) is 34.9 Å². The van der Waals surface area contributed by atoms with Crippen LogP contribution in [0.15, 0.2) is 47.0 Å². The molecule has 0 atom stereocenters. The molecule has 0 spiro atoms. The van der Waals surface area contributed by atoms with Crippen molar-refractivity contribution in [3.05, 3.63) is 53.9 Å². The zero-order valence-corrected chi connectivity index (χ0v) is 17.8. The summed E-state index contributed by atoms with van der Waals surface area (Å²) in [5.74, 6) is 2.94. The standard InChI is InChI=1S/C23H25N3O5/c1-28-17-7-4-6-16(14-17)22-24-21(25-31-22)15-10-12-26(13-11-15)23(27)18-8-5-9-19(29-2)20(18)30-3/h4-9,14-15H,10-13H2,1-3H3. The molecule has 8 heteroatoms. The normalized spacial score (nSPS) is 14.4. The van der Waals surface area contributed by atoms with Crippen molar-refractivity contribution in [1.82, 2.24) is 15.0 Å². The SMILES string of the molecule is COc1cccc(-c2nc(C3CCN(C(=O)c4cccc(OC)c4OC)CC3)no2)c1. The Morgan fingerprint density at radius 2 is 1.81 bits per heavy atom. The molecular formula is C23H25N3O5. The average molecular weight is 423 g/mol. The van der Waals surface area contributed by atoms with Crippen molar-refractivity contribution in [2.75, 3.05) is 34.4 Å². The van der Waals surface area contributed by atoms with Gasteiger partial charge in [-0.1, -0.05) is 17.3 Å². The predicted molar refractivity (Wildman–Crippen MR) is 114 cm³/mol. The summed E-state index contributed by atoms with van der Waals surface area (Å²) in [5.41, 5.74) is 1.32. The van der Waals surface area contributed by atoms with Gasteiger partial charge in [0.1, 0.15) is 5.75 Å². The van der Waals surface area contributed by atoms with Gasteiger partial charge in [-0.25, -0.2) is 0 Å². The number of benzene rings is 2. The predicted octanol–water partition coefficient (Wildman–Crippen LogP) is 3.78. The Hall–Kier alpha value is -3.55. The van der Waals surface area contributed by atoms with Crippen molar-refractivity contribution in [3.8, 4) is 28.7 Å². The number of aromatic nitrogens is 2. The maximum Gasteiger partial charge on any atom is 0.258 e. The van der Waals surface area contributed by atoms with E-state index in [0.717, 1.165) is 24.2 Å². The minimum atomic E-state index is -0.0700. The Labute approximate surface area is 180 Å². The largest absolute Gasteiger partial charge is 0.497 e. The molecule has 1 fully saturated rings. The summed E-state index contributed by atoms with van der Waals surface area (Å²) in [4.78, 5) is 19.5. The van der Waals surface area contributed by atoms with E-state index in [4.69, 9.17) is 18.7 Å². The van der Waals surface area contributed by atoms with Gasteiger partial charge in [-0.2, -0.15) is 4.98 Å². The van der Waals surface area contributed by atoms with Gasteiger partial charge in [-0.3, -0.25) is 4.79 Å². The van der Waals surface area contributed by atoms with Crippen LogP contribution in [0.25, 0.3) is 11.5 Å². The molecule has 4 rings (SSSR count). The van der Waals surface area contributed by atoms with Crippen LogP contribution in [-0.2, 0) is 0 Å². The van der Waals surface area contributed by atoms with E-state index >= 15 is 0 Å². The fourth-order valence-electron chi connectivity index (χ4n) is 3.84. The number of methoxy groups -OCH3 is 3. The third-order valence-corrected chi connectivity index (χ3v) is 5.54. The zero-order chi connectivity index (χ0) is 21.8. The molecule has 1 saturated heterocycles. The average Bonchev–Trinajstić information content (AvgIpc) is 3.33. The first-order valence-electron chi connectivity index (χ1n) is 10.1. The molecule has 3 aromatic rings. The number of likely N-dealkylation sites (tertiary alicyclic amines) is 1. The molecule has 2 heterocycles. The molecule has 1 amide bonds. The number of piperidine rings is 1. The van der Waals surface area contributed by atoms with Crippen molar-refractivity contribution in [1.29, 1.82) is 0 Å². The summed E-state index contributed by atoms with van der Waals surface area (Å²) in [5, 5.41) is 4.18. The van der Waals surface area contributed by atoms with Crippen LogP contribution in [0.4, 0.5) is 0 Å². The van der Waals surface area contributed by atoms with Crippen molar-refractivity contribution >= 4 is 5.91 Å². The lowest BCUT2D eigenvalue weighted by molar-refractivity contribution is 0.0706. The second-order valence-electron chi connectivity index (χ2n) is 7.30. The summed E-state index contributed by atoms with van der Waals surface area (Å²) in [6.07, 6.45) is 1.52. The highest BCUT2D eigenvalue weighted by molar-refractivity contribution is 5.97. The molecule has 1 aliphatic heterocycles. The molecule has 0 radical (unpaired) electrons. The molecule has 0 bridgehead atoms. The zero-order valence-electron chi connectivity index (χ0n) is 17.8. The summed E-state index contributed by atoms with van der Waals surface area (Å²) in [7, 11) is 4.72. The number of hydrogen-bond acceptors (Lipinski definition) is 7.